The minimum absolute atomic E-state index is 0.173. The van der Waals surface area contributed by atoms with Crippen LogP contribution in [0, 0.1) is 10.8 Å². The third-order valence-corrected chi connectivity index (χ3v) is 8.91. The van der Waals surface area contributed by atoms with Crippen LogP contribution in [-0.2, 0) is 21.7 Å². The summed E-state index contributed by atoms with van der Waals surface area (Å²) in [5.74, 6) is 0.00321. The highest BCUT2D eigenvalue weighted by atomic mass is 32.2. The highest BCUT2D eigenvalue weighted by molar-refractivity contribution is 7.93. The summed E-state index contributed by atoms with van der Waals surface area (Å²) in [5.41, 5.74) is -0.900. The molecule has 3 rings (SSSR count). The van der Waals surface area contributed by atoms with Crippen molar-refractivity contribution in [2.45, 2.75) is 51.2 Å². The number of tetrazole rings is 1. The fourth-order valence-electron chi connectivity index (χ4n) is 4.42. The molecule has 0 radical (unpaired) electrons. The summed E-state index contributed by atoms with van der Waals surface area (Å²) in [6.45, 7) is 14.7. The van der Waals surface area contributed by atoms with E-state index in [-0.39, 0.29) is 11.6 Å². The molecule has 1 unspecified atom stereocenters. The van der Waals surface area contributed by atoms with Gasteiger partial charge in [0.2, 0.25) is 0 Å². The van der Waals surface area contributed by atoms with Crippen molar-refractivity contribution in [3.63, 3.8) is 0 Å². The maximum Gasteiger partial charge on any atom is 0.186 e. The minimum Gasteiger partial charge on any atom is -0.313 e. The lowest BCUT2D eigenvalue weighted by Gasteiger charge is -2.61. The summed E-state index contributed by atoms with van der Waals surface area (Å²) in [6.07, 6.45) is 4.05. The summed E-state index contributed by atoms with van der Waals surface area (Å²) < 4.78 is 29.2. The van der Waals surface area contributed by atoms with Crippen molar-refractivity contribution in [2.75, 3.05) is 0 Å². The summed E-state index contributed by atoms with van der Waals surface area (Å²) in [6, 6.07) is 0. The third kappa shape index (κ3) is 2.91. The molecule has 0 N–H and O–H groups in total. The topological polar surface area (TPSA) is 98.1 Å². The van der Waals surface area contributed by atoms with Crippen molar-refractivity contribution in [3.8, 4) is 0 Å². The summed E-state index contributed by atoms with van der Waals surface area (Å²) in [7, 11) is -2.30. The maximum atomic E-state index is 13.9. The van der Waals surface area contributed by atoms with Gasteiger partial charge in [0.15, 0.2) is 21.4 Å². The molecule has 2 atom stereocenters. The largest absolute Gasteiger partial charge is 0.313 e. The van der Waals surface area contributed by atoms with Crippen LogP contribution in [0.5, 0.6) is 0 Å². The van der Waals surface area contributed by atoms with Gasteiger partial charge in [-0.15, -0.1) is 18.3 Å². The van der Waals surface area contributed by atoms with Crippen molar-refractivity contribution in [1.29, 1.82) is 0 Å². The second-order valence-electron chi connectivity index (χ2n) is 8.91. The molecule has 3 heterocycles. The molecule has 0 bridgehead atoms. The van der Waals surface area contributed by atoms with E-state index in [0.717, 1.165) is 0 Å². The standard InChI is InChI=1S/C20H27N5O3S2/c1-8-10-20(11-9-2)17(29)25-13(15(26)19(4,5)6)12(3)14(30(27,28)18(20)25)16-21-22-23-24(16)7/h8-9,14,18H,1-2,10-11H2,3-7H3/t14?,18-/m1/s1. The van der Waals surface area contributed by atoms with Gasteiger partial charge in [-0.1, -0.05) is 45.1 Å². The van der Waals surface area contributed by atoms with Gasteiger partial charge in [-0.2, -0.15) is 0 Å². The van der Waals surface area contributed by atoms with Crippen molar-refractivity contribution in [2.24, 2.45) is 17.9 Å². The predicted octanol–water partition coefficient (Wildman–Crippen LogP) is 2.68. The van der Waals surface area contributed by atoms with E-state index >= 15 is 0 Å². The van der Waals surface area contributed by atoms with Crippen LogP contribution in [0.4, 0.5) is 0 Å². The van der Waals surface area contributed by atoms with E-state index in [0.29, 0.717) is 29.1 Å². The molecule has 0 aliphatic carbocycles. The van der Waals surface area contributed by atoms with E-state index in [1.165, 1.54) is 9.58 Å². The Labute approximate surface area is 182 Å². The molecule has 0 saturated carbocycles. The fourth-order valence-corrected chi connectivity index (χ4v) is 7.83. The van der Waals surface area contributed by atoms with E-state index in [1.54, 1.807) is 46.9 Å². The zero-order valence-corrected chi connectivity index (χ0v) is 19.5. The Morgan fingerprint density at radius 2 is 1.83 bits per heavy atom. The second kappa shape index (κ2) is 7.19. The molecule has 1 aromatic heterocycles. The number of hydrogen-bond acceptors (Lipinski definition) is 7. The van der Waals surface area contributed by atoms with Gasteiger partial charge in [0.1, 0.15) is 10.6 Å². The van der Waals surface area contributed by atoms with Gasteiger partial charge in [0, 0.05) is 12.5 Å². The number of carbonyl (C=O) groups is 1. The lowest BCUT2D eigenvalue weighted by atomic mass is 9.71. The van der Waals surface area contributed by atoms with Gasteiger partial charge >= 0.3 is 0 Å². The van der Waals surface area contributed by atoms with E-state index in [2.05, 4.69) is 28.7 Å². The normalized spacial score (nSPS) is 24.8. The molecule has 10 heteroatoms. The van der Waals surface area contributed by atoms with Gasteiger partial charge in [0.25, 0.3) is 0 Å². The molecule has 0 amide bonds. The van der Waals surface area contributed by atoms with E-state index in [1.807, 2.05) is 0 Å². The van der Waals surface area contributed by atoms with Crippen LogP contribution in [0.3, 0.4) is 0 Å². The van der Waals surface area contributed by atoms with Crippen LogP contribution in [0.25, 0.3) is 0 Å². The molecular weight excluding hydrogens is 422 g/mol. The number of allylic oxidation sites excluding steroid dienone is 3. The number of fused-ring (bicyclic) bond motifs is 1. The molecule has 2 aliphatic rings. The SMILES string of the molecule is C=CCC1(CC=C)C(=S)N2C(C(=O)C(C)(C)C)=C(C)C(c3nnnn3C)S(=O)(=O)[C@@H]21. The Hall–Kier alpha value is -2.20. The number of Topliss-reactive ketones (excluding diaryl/α,β-unsaturated/α-hetero) is 1. The number of rotatable bonds is 6. The van der Waals surface area contributed by atoms with Crippen molar-refractivity contribution in [3.05, 3.63) is 42.4 Å². The van der Waals surface area contributed by atoms with Gasteiger partial charge < -0.3 is 4.90 Å². The van der Waals surface area contributed by atoms with Crippen LogP contribution in [0.2, 0.25) is 0 Å². The molecule has 162 valence electrons. The second-order valence-corrected chi connectivity index (χ2v) is 11.4. The van der Waals surface area contributed by atoms with Gasteiger partial charge in [-0.3, -0.25) is 4.79 Å². The Morgan fingerprint density at radius 1 is 1.27 bits per heavy atom. The number of hydrogen-bond donors (Lipinski definition) is 0. The molecule has 1 saturated heterocycles. The van der Waals surface area contributed by atoms with Gasteiger partial charge in [-0.25, -0.2) is 13.1 Å². The molecule has 2 aliphatic heterocycles. The molecule has 8 nitrogen and oxygen atoms in total. The first-order chi connectivity index (χ1) is 13.9. The molecule has 1 aromatic rings. The Balaban J connectivity index is 2.35. The molecule has 1 fully saturated rings. The quantitative estimate of drug-likeness (QED) is 0.483. The first kappa shape index (κ1) is 22.5. The number of carbonyl (C=O) groups excluding carboxylic acids is 1. The summed E-state index contributed by atoms with van der Waals surface area (Å²) in [5, 5.41) is 9.24. The smallest absolute Gasteiger partial charge is 0.186 e. The zero-order valence-electron chi connectivity index (χ0n) is 17.9. The van der Waals surface area contributed by atoms with Gasteiger partial charge in [0.05, 0.1) is 16.1 Å². The van der Waals surface area contributed by atoms with Gasteiger partial charge in [-0.05, 0) is 35.8 Å². The van der Waals surface area contributed by atoms with Crippen LogP contribution >= 0.6 is 12.2 Å². The Morgan fingerprint density at radius 3 is 2.27 bits per heavy atom. The number of thiocarbonyl (C=S) groups is 1. The average Bonchev–Trinajstić information content (AvgIpc) is 3.04. The number of sulfone groups is 1. The zero-order chi connectivity index (χ0) is 22.6. The Kier molecular flexibility index (Phi) is 5.39. The van der Waals surface area contributed by atoms with Crippen molar-refractivity contribution in [1.82, 2.24) is 25.1 Å². The molecule has 30 heavy (non-hydrogen) atoms. The first-order valence-electron chi connectivity index (χ1n) is 9.62. The van der Waals surface area contributed by atoms with E-state index < -0.39 is 31.3 Å². The maximum absolute atomic E-state index is 13.9. The average molecular weight is 450 g/mol. The number of aryl methyl sites for hydroxylation is 1. The van der Waals surface area contributed by atoms with E-state index in [4.69, 9.17) is 12.2 Å². The third-order valence-electron chi connectivity index (χ3n) is 5.80. The van der Waals surface area contributed by atoms with E-state index in [9.17, 15) is 13.2 Å². The fraction of sp³-hybridized carbons (Fsp3) is 0.550. The number of ketones is 1. The van der Waals surface area contributed by atoms with Crippen molar-refractivity contribution < 1.29 is 13.2 Å². The number of nitrogens with zero attached hydrogens (tertiary/aromatic N) is 5. The summed E-state index contributed by atoms with van der Waals surface area (Å²) >= 11 is 5.72. The monoisotopic (exact) mass is 449 g/mol. The van der Waals surface area contributed by atoms with Crippen LogP contribution in [0.1, 0.15) is 51.6 Å². The van der Waals surface area contributed by atoms with Crippen LogP contribution in [-0.4, -0.2) is 49.7 Å². The molecule has 0 aromatic carbocycles. The predicted molar refractivity (Wildman–Crippen MR) is 118 cm³/mol. The number of aromatic nitrogens is 4. The molecular formula is C20H27N5O3S2. The van der Waals surface area contributed by atoms with Crippen molar-refractivity contribution >= 4 is 32.8 Å². The Bertz CT molecular complexity index is 1070. The highest BCUT2D eigenvalue weighted by Crippen LogP contribution is 2.58. The first-order valence-corrected chi connectivity index (χ1v) is 11.6. The molecule has 0 spiro atoms. The minimum atomic E-state index is -3.89. The van der Waals surface area contributed by atoms with Crippen LogP contribution in [0.15, 0.2) is 36.6 Å². The lowest BCUT2D eigenvalue weighted by Crippen LogP contribution is -2.73. The highest BCUT2D eigenvalue weighted by Gasteiger charge is 2.68. The summed E-state index contributed by atoms with van der Waals surface area (Å²) in [4.78, 5) is 15.4. The van der Waals surface area contributed by atoms with Crippen LogP contribution < -0.4 is 0 Å². The lowest BCUT2D eigenvalue weighted by molar-refractivity contribution is -0.124.